The van der Waals surface area contributed by atoms with Gasteiger partial charge in [-0.05, 0) is 15.9 Å². The van der Waals surface area contributed by atoms with Crippen molar-refractivity contribution in [1.82, 2.24) is 0 Å². The number of hydrogen-bond donors (Lipinski definition) is 0. The van der Waals surface area contributed by atoms with Crippen molar-refractivity contribution in [3.05, 3.63) is 35.9 Å². The summed E-state index contributed by atoms with van der Waals surface area (Å²) < 4.78 is 0.976. The molecule has 1 nitrogen and oxygen atoms in total. The highest BCUT2D eigenvalue weighted by atomic mass is 79.9. The van der Waals surface area contributed by atoms with Crippen LogP contribution in [-0.4, -0.2) is 24.0 Å². The van der Waals surface area contributed by atoms with Crippen molar-refractivity contribution in [2.45, 2.75) is 6.54 Å². The van der Waals surface area contributed by atoms with Crippen molar-refractivity contribution in [1.29, 1.82) is 0 Å². The first kappa shape index (κ1) is 9.75. The summed E-state index contributed by atoms with van der Waals surface area (Å²) >= 11 is 3.50. The molecule has 0 bridgehead atoms. The van der Waals surface area contributed by atoms with E-state index in [9.17, 15) is 0 Å². The smallest absolute Gasteiger partial charge is 0.134 e. The topological polar surface area (TPSA) is 0 Å². The predicted octanol–water partition coefficient (Wildman–Crippen LogP) is 2.62. The summed E-state index contributed by atoms with van der Waals surface area (Å²) in [5.74, 6) is 0. The molecule has 0 heterocycles. The Hall–Kier alpha value is -0.340. The molecule has 0 atom stereocenters. The zero-order valence-electron chi connectivity index (χ0n) is 7.63. The summed E-state index contributed by atoms with van der Waals surface area (Å²) in [6.07, 6.45) is 0. The lowest BCUT2D eigenvalue weighted by Gasteiger charge is -2.27. The molecule has 0 fully saturated rings. The molecule has 0 spiro atoms. The van der Waals surface area contributed by atoms with Crippen molar-refractivity contribution in [2.75, 3.05) is 19.5 Å². The van der Waals surface area contributed by atoms with Crippen molar-refractivity contribution in [3.8, 4) is 0 Å². The van der Waals surface area contributed by atoms with E-state index in [0.717, 1.165) is 16.5 Å². The number of nitrogens with zero attached hydrogens (tertiary/aromatic N) is 1. The van der Waals surface area contributed by atoms with Crippen molar-refractivity contribution in [2.24, 2.45) is 0 Å². The summed E-state index contributed by atoms with van der Waals surface area (Å²) in [5.41, 5.74) is 2.38. The molecular weight excluding hydrogens is 214 g/mol. The summed E-state index contributed by atoms with van der Waals surface area (Å²) in [5, 5.41) is 0. The minimum atomic E-state index is 0.976. The van der Waals surface area contributed by atoms with E-state index in [4.69, 9.17) is 0 Å². The van der Waals surface area contributed by atoms with Crippen LogP contribution in [0.3, 0.4) is 0 Å². The van der Waals surface area contributed by atoms with Crippen LogP contribution >= 0.6 is 15.9 Å². The van der Waals surface area contributed by atoms with Crippen LogP contribution in [0.5, 0.6) is 0 Å². The zero-order chi connectivity index (χ0) is 9.03. The normalized spacial score (nSPS) is 11.6. The Morgan fingerprint density at radius 3 is 2.25 bits per heavy atom. The van der Waals surface area contributed by atoms with E-state index in [1.165, 1.54) is 5.56 Å². The second kappa shape index (κ2) is 4.06. The second-order valence-electron chi connectivity index (χ2n) is 3.70. The van der Waals surface area contributed by atoms with Gasteiger partial charge in [0.2, 0.25) is 0 Å². The van der Waals surface area contributed by atoms with Crippen molar-refractivity contribution < 1.29 is 4.48 Å². The fraction of sp³-hybridized carbons (Fsp3) is 0.400. The Balaban J connectivity index is 2.64. The molecule has 2 heteroatoms. The minimum Gasteiger partial charge on any atom is -0.316 e. The molecule has 0 aliphatic heterocycles. The Kier molecular flexibility index (Phi) is 3.29. The van der Waals surface area contributed by atoms with Crippen LogP contribution in [0, 0.1) is 0 Å². The highest BCUT2D eigenvalue weighted by Crippen LogP contribution is 2.10. The molecule has 1 aromatic rings. The van der Waals surface area contributed by atoms with E-state index in [2.05, 4.69) is 60.4 Å². The third-order valence-electron chi connectivity index (χ3n) is 1.78. The van der Waals surface area contributed by atoms with Crippen LogP contribution in [0.1, 0.15) is 5.56 Å². The molecule has 0 aliphatic rings. The van der Waals surface area contributed by atoms with Gasteiger partial charge >= 0.3 is 0 Å². The van der Waals surface area contributed by atoms with E-state index >= 15 is 0 Å². The van der Waals surface area contributed by atoms with Crippen LogP contribution in [0.4, 0.5) is 0 Å². The first-order valence-corrected chi connectivity index (χ1v) is 5.18. The third kappa shape index (κ3) is 2.95. The fourth-order valence-electron chi connectivity index (χ4n) is 1.12. The lowest BCUT2D eigenvalue weighted by Crippen LogP contribution is -2.36. The Bertz CT molecular complexity index is 231. The van der Waals surface area contributed by atoms with Crippen LogP contribution in [0.15, 0.2) is 30.3 Å². The van der Waals surface area contributed by atoms with E-state index in [0.29, 0.717) is 0 Å². The number of rotatable bonds is 3. The Morgan fingerprint density at radius 1 is 1.17 bits per heavy atom. The van der Waals surface area contributed by atoms with Gasteiger partial charge in [-0.2, -0.15) is 0 Å². The molecule has 0 saturated heterocycles. The third-order valence-corrected chi connectivity index (χ3v) is 3.13. The molecule has 0 radical (unpaired) electrons. The highest BCUT2D eigenvalue weighted by Gasteiger charge is 2.12. The molecule has 0 saturated carbocycles. The Labute approximate surface area is 82.7 Å². The van der Waals surface area contributed by atoms with Crippen LogP contribution < -0.4 is 0 Å². The van der Waals surface area contributed by atoms with E-state index < -0.39 is 0 Å². The summed E-state index contributed by atoms with van der Waals surface area (Å²) in [6.45, 7) is 1.08. The second-order valence-corrected chi connectivity index (χ2v) is 4.20. The molecule has 0 amide bonds. The van der Waals surface area contributed by atoms with Gasteiger partial charge in [-0.15, -0.1) is 0 Å². The molecule has 1 rings (SSSR count). The van der Waals surface area contributed by atoms with Gasteiger partial charge in [0.1, 0.15) is 12.0 Å². The van der Waals surface area contributed by atoms with Gasteiger partial charge in [-0.25, -0.2) is 0 Å². The summed E-state index contributed by atoms with van der Waals surface area (Å²) in [6, 6.07) is 10.6. The summed E-state index contributed by atoms with van der Waals surface area (Å²) in [4.78, 5) is 0. The van der Waals surface area contributed by atoms with Crippen LogP contribution in [0.2, 0.25) is 0 Å². The van der Waals surface area contributed by atoms with E-state index in [1.54, 1.807) is 0 Å². The van der Waals surface area contributed by atoms with Gasteiger partial charge in [-0.3, -0.25) is 0 Å². The molecule has 0 N–H and O–H groups in total. The van der Waals surface area contributed by atoms with Crippen molar-refractivity contribution >= 4 is 15.9 Å². The number of hydrogen-bond acceptors (Lipinski definition) is 0. The maximum absolute atomic E-state index is 3.50. The minimum absolute atomic E-state index is 0.976. The van der Waals surface area contributed by atoms with E-state index in [-0.39, 0.29) is 0 Å². The molecule has 1 aromatic carbocycles. The lowest BCUT2D eigenvalue weighted by atomic mass is 10.2. The molecule has 0 aliphatic carbocycles. The van der Waals surface area contributed by atoms with Gasteiger partial charge in [0.15, 0.2) is 0 Å². The summed E-state index contributed by atoms with van der Waals surface area (Å²) in [7, 11) is 4.42. The van der Waals surface area contributed by atoms with Gasteiger partial charge in [0.05, 0.1) is 14.1 Å². The predicted molar refractivity (Wildman–Crippen MR) is 56.0 cm³/mol. The quantitative estimate of drug-likeness (QED) is 0.424. The monoisotopic (exact) mass is 228 g/mol. The van der Waals surface area contributed by atoms with Gasteiger partial charge in [0, 0.05) is 5.56 Å². The lowest BCUT2D eigenvalue weighted by molar-refractivity contribution is -0.889. The maximum Gasteiger partial charge on any atom is 0.134 e. The molecule has 66 valence electrons. The Morgan fingerprint density at radius 2 is 1.75 bits per heavy atom. The SMILES string of the molecule is C[N+](C)(CBr)Cc1ccccc1. The largest absolute Gasteiger partial charge is 0.316 e. The maximum atomic E-state index is 3.50. The van der Waals surface area contributed by atoms with Crippen molar-refractivity contribution in [3.63, 3.8) is 0 Å². The molecule has 12 heavy (non-hydrogen) atoms. The number of benzene rings is 1. The highest BCUT2D eigenvalue weighted by molar-refractivity contribution is 9.09. The van der Waals surface area contributed by atoms with Gasteiger partial charge in [0.25, 0.3) is 0 Å². The number of alkyl halides is 1. The molecule has 0 aromatic heterocycles. The number of quaternary nitrogens is 1. The number of halogens is 1. The molecule has 0 unspecified atom stereocenters. The first-order valence-electron chi connectivity index (χ1n) is 4.06. The van der Waals surface area contributed by atoms with Gasteiger partial charge in [-0.1, -0.05) is 30.3 Å². The fourth-order valence-corrected chi connectivity index (χ4v) is 1.30. The average molecular weight is 229 g/mol. The first-order chi connectivity index (χ1) is 5.64. The van der Waals surface area contributed by atoms with E-state index in [1.807, 2.05) is 0 Å². The van der Waals surface area contributed by atoms with Crippen LogP contribution in [-0.2, 0) is 6.54 Å². The van der Waals surface area contributed by atoms with Gasteiger partial charge < -0.3 is 4.48 Å². The van der Waals surface area contributed by atoms with Crippen LogP contribution in [0.25, 0.3) is 0 Å². The zero-order valence-corrected chi connectivity index (χ0v) is 9.21. The average Bonchev–Trinajstić information content (AvgIpc) is 2.06. The molecular formula is C10H15BrN+. The standard InChI is InChI=1S/C10H15BrN/c1-12(2,9-11)8-10-6-4-3-5-7-10/h3-7H,8-9H2,1-2H3/q+1.